The lowest BCUT2D eigenvalue weighted by atomic mass is 10.1. The average molecular weight is 407 g/mol. The van der Waals surface area contributed by atoms with Gasteiger partial charge in [0.1, 0.15) is 11.5 Å². The number of aromatic nitrogens is 3. The molecule has 0 fully saturated rings. The second-order valence-electron chi connectivity index (χ2n) is 6.76. The number of rotatable bonds is 8. The number of carbonyl (C=O) groups is 1. The molecule has 3 N–H and O–H groups in total. The molecule has 0 radical (unpaired) electrons. The Hall–Kier alpha value is -3.88. The van der Waals surface area contributed by atoms with E-state index < -0.39 is 5.82 Å². The molecule has 9 heteroatoms. The monoisotopic (exact) mass is 407 g/mol. The third-order valence-corrected chi connectivity index (χ3v) is 4.22. The van der Waals surface area contributed by atoms with Crippen molar-refractivity contribution < 1.29 is 9.18 Å². The number of hydrazone groups is 1. The van der Waals surface area contributed by atoms with Crippen molar-refractivity contribution in [3.05, 3.63) is 65.7 Å². The van der Waals surface area contributed by atoms with Gasteiger partial charge >= 0.3 is 0 Å². The molecule has 1 aromatic carbocycles. The van der Waals surface area contributed by atoms with E-state index in [1.165, 1.54) is 12.3 Å². The van der Waals surface area contributed by atoms with E-state index in [1.807, 2.05) is 19.9 Å². The summed E-state index contributed by atoms with van der Waals surface area (Å²) >= 11 is 0. The van der Waals surface area contributed by atoms with Crippen molar-refractivity contribution in [2.75, 3.05) is 5.43 Å². The third kappa shape index (κ3) is 5.34. The number of carbonyl (C=O) groups excluding carboxylic acids is 1. The first-order chi connectivity index (χ1) is 14.5. The van der Waals surface area contributed by atoms with Gasteiger partial charge in [0.2, 0.25) is 0 Å². The fourth-order valence-electron chi connectivity index (χ4n) is 2.84. The summed E-state index contributed by atoms with van der Waals surface area (Å²) in [6, 6.07) is 9.91. The van der Waals surface area contributed by atoms with Crippen LogP contribution >= 0.6 is 0 Å². The molecule has 0 spiro atoms. The highest BCUT2D eigenvalue weighted by Crippen LogP contribution is 2.18. The highest BCUT2D eigenvalue weighted by atomic mass is 19.1. The van der Waals surface area contributed by atoms with Crippen LogP contribution < -0.4 is 10.7 Å². The molecule has 3 rings (SSSR count). The van der Waals surface area contributed by atoms with E-state index >= 15 is 0 Å². The van der Waals surface area contributed by atoms with Gasteiger partial charge in [-0.3, -0.25) is 19.9 Å². The smallest absolute Gasteiger partial charge is 0.253 e. The van der Waals surface area contributed by atoms with E-state index in [9.17, 15) is 9.18 Å². The summed E-state index contributed by atoms with van der Waals surface area (Å²) in [6.07, 6.45) is 5.27. The zero-order valence-corrected chi connectivity index (χ0v) is 16.6. The lowest BCUT2D eigenvalue weighted by Crippen LogP contribution is -2.36. The standard InChI is InChI=1S/C21H22FN7O/c1-14-3-5-18(27-25-9-8-23)17(11-14)21(30)26-15(2)13-29-10-7-20(28-29)19-6-4-16(22)12-24-19/h3-12,15,23,27H,13H2,1-2H3,(H,26,30)/b23-8?,25-9-/t15-/m0/s1. The minimum absolute atomic E-state index is 0.204. The SMILES string of the molecule is Cc1ccc(N/N=C\C=N)c(C(=O)N[C@@H](C)Cn2ccc(-c3ccc(F)cn3)n2)c1. The Bertz CT molecular complexity index is 1060. The number of amides is 1. The summed E-state index contributed by atoms with van der Waals surface area (Å²) in [5, 5.41) is 18.3. The number of anilines is 1. The maximum atomic E-state index is 13.0. The van der Waals surface area contributed by atoms with Crippen molar-refractivity contribution >= 4 is 24.0 Å². The summed E-state index contributed by atoms with van der Waals surface area (Å²) < 4.78 is 14.7. The second kappa shape index (κ2) is 9.55. The lowest BCUT2D eigenvalue weighted by Gasteiger charge is -2.16. The maximum absolute atomic E-state index is 13.0. The Morgan fingerprint density at radius 3 is 2.87 bits per heavy atom. The van der Waals surface area contributed by atoms with Crippen LogP contribution in [0.4, 0.5) is 10.1 Å². The third-order valence-electron chi connectivity index (χ3n) is 4.22. The molecule has 8 nitrogen and oxygen atoms in total. The van der Waals surface area contributed by atoms with Crippen LogP contribution in [0.15, 0.2) is 53.9 Å². The first kappa shape index (κ1) is 20.8. The lowest BCUT2D eigenvalue weighted by molar-refractivity contribution is 0.0936. The number of halogens is 1. The molecule has 1 amide bonds. The first-order valence-corrected chi connectivity index (χ1v) is 9.31. The van der Waals surface area contributed by atoms with Crippen molar-refractivity contribution in [3.63, 3.8) is 0 Å². The number of nitrogens with one attached hydrogen (secondary N) is 3. The summed E-state index contributed by atoms with van der Waals surface area (Å²) in [5.41, 5.74) is 5.93. The molecule has 154 valence electrons. The fourth-order valence-corrected chi connectivity index (χ4v) is 2.84. The molecule has 0 aliphatic heterocycles. The Morgan fingerprint density at radius 1 is 1.30 bits per heavy atom. The number of hydrogen-bond donors (Lipinski definition) is 3. The molecule has 0 unspecified atom stereocenters. The average Bonchev–Trinajstić information content (AvgIpc) is 3.18. The van der Waals surface area contributed by atoms with Gasteiger partial charge in [0.25, 0.3) is 5.91 Å². The van der Waals surface area contributed by atoms with Crippen LogP contribution in [0.2, 0.25) is 0 Å². The van der Waals surface area contributed by atoms with E-state index in [0.717, 1.165) is 18.0 Å². The summed E-state index contributed by atoms with van der Waals surface area (Å²) in [7, 11) is 0. The predicted octanol–water partition coefficient (Wildman–Crippen LogP) is 3.26. The molecule has 1 atom stereocenters. The Kier molecular flexibility index (Phi) is 6.63. The molecule has 3 aromatic rings. The van der Waals surface area contributed by atoms with Crippen LogP contribution in [0.25, 0.3) is 11.4 Å². The van der Waals surface area contributed by atoms with Crippen LogP contribution in [0.5, 0.6) is 0 Å². The van der Waals surface area contributed by atoms with E-state index in [0.29, 0.717) is 29.2 Å². The van der Waals surface area contributed by atoms with Gasteiger partial charge < -0.3 is 10.7 Å². The van der Waals surface area contributed by atoms with E-state index in [4.69, 9.17) is 5.41 Å². The number of benzene rings is 1. The van der Waals surface area contributed by atoms with Crippen LogP contribution in [0.1, 0.15) is 22.8 Å². The van der Waals surface area contributed by atoms with Crippen molar-refractivity contribution in [1.82, 2.24) is 20.1 Å². The van der Waals surface area contributed by atoms with Gasteiger partial charge in [0, 0.05) is 18.5 Å². The number of nitrogens with zero attached hydrogens (tertiary/aromatic N) is 4. The van der Waals surface area contributed by atoms with Crippen molar-refractivity contribution in [3.8, 4) is 11.4 Å². The van der Waals surface area contributed by atoms with Crippen molar-refractivity contribution in [2.24, 2.45) is 5.10 Å². The summed E-state index contributed by atoms with van der Waals surface area (Å²) in [6.45, 7) is 4.23. The van der Waals surface area contributed by atoms with Crippen LogP contribution in [-0.4, -0.2) is 39.1 Å². The molecule has 0 saturated heterocycles. The normalized spacial score (nSPS) is 12.0. The zero-order valence-electron chi connectivity index (χ0n) is 16.6. The van der Waals surface area contributed by atoms with E-state index in [-0.39, 0.29) is 11.9 Å². The van der Waals surface area contributed by atoms with Crippen molar-refractivity contribution in [2.45, 2.75) is 26.4 Å². The minimum atomic E-state index is -0.400. The molecule has 0 saturated carbocycles. The molecule has 2 aromatic heterocycles. The van der Waals surface area contributed by atoms with E-state index in [2.05, 4.69) is 25.9 Å². The van der Waals surface area contributed by atoms with Crippen LogP contribution in [0, 0.1) is 18.2 Å². The summed E-state index contributed by atoms with van der Waals surface area (Å²) in [4.78, 5) is 16.8. The molecular weight excluding hydrogens is 385 g/mol. The van der Waals surface area contributed by atoms with Gasteiger partial charge in [0.05, 0.1) is 35.9 Å². The number of aryl methyl sites for hydroxylation is 1. The zero-order chi connectivity index (χ0) is 21.5. The number of hydrogen-bond acceptors (Lipinski definition) is 6. The van der Waals surface area contributed by atoms with Crippen LogP contribution in [0.3, 0.4) is 0 Å². The summed E-state index contributed by atoms with van der Waals surface area (Å²) in [5.74, 6) is -0.644. The van der Waals surface area contributed by atoms with Gasteiger partial charge in [-0.15, -0.1) is 0 Å². The predicted molar refractivity (Wildman–Crippen MR) is 114 cm³/mol. The number of pyridine rings is 1. The largest absolute Gasteiger partial charge is 0.348 e. The fraction of sp³-hybridized carbons (Fsp3) is 0.190. The molecule has 0 aliphatic rings. The van der Waals surface area contributed by atoms with E-state index in [1.54, 1.807) is 35.1 Å². The quantitative estimate of drug-likeness (QED) is 0.393. The van der Waals surface area contributed by atoms with Gasteiger partial charge in [-0.05, 0) is 44.2 Å². The highest BCUT2D eigenvalue weighted by molar-refractivity contribution is 6.14. The van der Waals surface area contributed by atoms with Gasteiger partial charge in [0.15, 0.2) is 0 Å². The first-order valence-electron chi connectivity index (χ1n) is 9.31. The molecule has 0 aliphatic carbocycles. The van der Waals surface area contributed by atoms with Gasteiger partial charge in [-0.25, -0.2) is 4.39 Å². The molecular formula is C21H22FN7O. The minimum Gasteiger partial charge on any atom is -0.348 e. The maximum Gasteiger partial charge on any atom is 0.253 e. The van der Waals surface area contributed by atoms with Gasteiger partial charge in [-0.1, -0.05) is 11.6 Å². The topological polar surface area (TPSA) is 108 Å². The Labute approximate surface area is 173 Å². The molecule has 0 bridgehead atoms. The molecule has 30 heavy (non-hydrogen) atoms. The van der Waals surface area contributed by atoms with Crippen molar-refractivity contribution in [1.29, 1.82) is 5.41 Å². The van der Waals surface area contributed by atoms with Gasteiger partial charge in [-0.2, -0.15) is 10.2 Å². The Balaban J connectivity index is 1.66. The van der Waals surface area contributed by atoms with Crippen LogP contribution in [-0.2, 0) is 6.54 Å². The highest BCUT2D eigenvalue weighted by Gasteiger charge is 2.15. The second-order valence-corrected chi connectivity index (χ2v) is 6.76. The molecule has 2 heterocycles. The Morgan fingerprint density at radius 2 is 2.13 bits per heavy atom.